The van der Waals surface area contributed by atoms with E-state index in [9.17, 15) is 13.9 Å². The second kappa shape index (κ2) is 5.44. The lowest BCUT2D eigenvalue weighted by molar-refractivity contribution is 0.292. The average Bonchev–Trinajstić information content (AvgIpc) is 2.39. The zero-order valence-electron chi connectivity index (χ0n) is 9.66. The SMILES string of the molecule is Nc1c(O)cccc1OCc1c(F)ccc(Br)c1F. The van der Waals surface area contributed by atoms with Crippen LogP contribution in [-0.4, -0.2) is 5.11 Å². The summed E-state index contributed by atoms with van der Waals surface area (Å²) in [5.74, 6) is -1.41. The molecule has 2 aromatic rings. The molecular formula is C13H10BrF2NO2. The summed E-state index contributed by atoms with van der Waals surface area (Å²) in [6.07, 6.45) is 0. The first-order valence-corrected chi connectivity index (χ1v) is 6.12. The van der Waals surface area contributed by atoms with Crippen LogP contribution in [0, 0.1) is 11.6 Å². The van der Waals surface area contributed by atoms with Crippen LogP contribution in [0.5, 0.6) is 11.5 Å². The van der Waals surface area contributed by atoms with Crippen LogP contribution in [0.3, 0.4) is 0 Å². The number of nitrogens with two attached hydrogens (primary N) is 1. The standard InChI is InChI=1S/C13H10BrF2NO2/c14-8-4-5-9(15)7(12(8)16)6-19-11-3-1-2-10(18)13(11)17/h1-5,18H,6,17H2. The second-order valence-corrected chi connectivity index (χ2v) is 4.65. The van der Waals surface area contributed by atoms with Gasteiger partial charge in [0, 0.05) is 0 Å². The first-order chi connectivity index (χ1) is 9.00. The number of phenolic OH excluding ortho intramolecular Hbond substituents is 1. The summed E-state index contributed by atoms with van der Waals surface area (Å²) in [5.41, 5.74) is 5.40. The van der Waals surface area contributed by atoms with E-state index >= 15 is 0 Å². The van der Waals surface area contributed by atoms with Crippen molar-refractivity contribution < 1.29 is 18.6 Å². The molecule has 3 nitrogen and oxygen atoms in total. The van der Waals surface area contributed by atoms with Crippen molar-refractivity contribution in [1.29, 1.82) is 0 Å². The fraction of sp³-hybridized carbons (Fsp3) is 0.0769. The molecule has 0 aliphatic heterocycles. The minimum Gasteiger partial charge on any atom is -0.506 e. The number of rotatable bonds is 3. The molecule has 0 bridgehead atoms. The van der Waals surface area contributed by atoms with Crippen molar-refractivity contribution >= 4 is 21.6 Å². The molecule has 2 aromatic carbocycles. The quantitative estimate of drug-likeness (QED) is 0.514. The van der Waals surface area contributed by atoms with Crippen molar-refractivity contribution in [2.24, 2.45) is 0 Å². The Hall–Kier alpha value is -1.82. The third-order valence-electron chi connectivity index (χ3n) is 2.55. The average molecular weight is 330 g/mol. The maximum Gasteiger partial charge on any atom is 0.146 e. The minimum atomic E-state index is -0.723. The van der Waals surface area contributed by atoms with Gasteiger partial charge in [0.1, 0.15) is 35.4 Å². The van der Waals surface area contributed by atoms with Crippen molar-refractivity contribution in [3.05, 3.63) is 52.0 Å². The highest BCUT2D eigenvalue weighted by molar-refractivity contribution is 9.10. The smallest absolute Gasteiger partial charge is 0.146 e. The summed E-state index contributed by atoms with van der Waals surface area (Å²) in [6, 6.07) is 6.83. The molecule has 0 aliphatic carbocycles. The predicted octanol–water partition coefficient (Wildman–Crippen LogP) is 3.59. The van der Waals surface area contributed by atoms with Gasteiger partial charge in [0.05, 0.1) is 10.0 Å². The molecule has 0 heterocycles. The maximum absolute atomic E-state index is 13.7. The normalized spacial score (nSPS) is 10.5. The lowest BCUT2D eigenvalue weighted by atomic mass is 10.2. The van der Waals surface area contributed by atoms with E-state index in [1.54, 1.807) is 0 Å². The van der Waals surface area contributed by atoms with Crippen molar-refractivity contribution in [3.8, 4) is 11.5 Å². The van der Waals surface area contributed by atoms with Crippen LogP contribution in [0.4, 0.5) is 14.5 Å². The van der Waals surface area contributed by atoms with Gasteiger partial charge in [-0.15, -0.1) is 0 Å². The second-order valence-electron chi connectivity index (χ2n) is 3.80. The lowest BCUT2D eigenvalue weighted by Gasteiger charge is -2.11. The van der Waals surface area contributed by atoms with Gasteiger partial charge >= 0.3 is 0 Å². The fourth-order valence-corrected chi connectivity index (χ4v) is 1.88. The van der Waals surface area contributed by atoms with Crippen molar-refractivity contribution in [1.82, 2.24) is 0 Å². The molecule has 0 unspecified atom stereocenters. The van der Waals surface area contributed by atoms with Crippen molar-refractivity contribution in [3.63, 3.8) is 0 Å². The van der Waals surface area contributed by atoms with Crippen LogP contribution in [0.15, 0.2) is 34.8 Å². The monoisotopic (exact) mass is 329 g/mol. The summed E-state index contributed by atoms with van der Waals surface area (Å²) in [7, 11) is 0. The van der Waals surface area contributed by atoms with E-state index < -0.39 is 11.6 Å². The molecule has 0 spiro atoms. The minimum absolute atomic E-state index is 0.0262. The zero-order valence-corrected chi connectivity index (χ0v) is 11.2. The first-order valence-electron chi connectivity index (χ1n) is 5.33. The Kier molecular flexibility index (Phi) is 3.90. The van der Waals surface area contributed by atoms with E-state index in [2.05, 4.69) is 15.9 Å². The van der Waals surface area contributed by atoms with Gasteiger partial charge in [-0.3, -0.25) is 0 Å². The largest absolute Gasteiger partial charge is 0.506 e. The highest BCUT2D eigenvalue weighted by Gasteiger charge is 2.14. The molecule has 0 radical (unpaired) electrons. The number of halogens is 3. The van der Waals surface area contributed by atoms with Crippen molar-refractivity contribution in [2.75, 3.05) is 5.73 Å². The Morgan fingerprint density at radius 1 is 1.21 bits per heavy atom. The van der Waals surface area contributed by atoms with Gasteiger partial charge in [-0.25, -0.2) is 8.78 Å². The Bertz CT molecular complexity index is 620. The number of benzene rings is 2. The third kappa shape index (κ3) is 2.78. The van der Waals surface area contributed by atoms with Gasteiger partial charge in [-0.1, -0.05) is 6.07 Å². The number of para-hydroxylation sites is 1. The maximum atomic E-state index is 13.7. The van der Waals surface area contributed by atoms with Gasteiger partial charge in [0.15, 0.2) is 0 Å². The fourth-order valence-electron chi connectivity index (χ4n) is 1.51. The van der Waals surface area contributed by atoms with Crippen LogP contribution in [0.1, 0.15) is 5.56 Å². The molecule has 2 rings (SSSR count). The number of hydrogen-bond acceptors (Lipinski definition) is 3. The summed E-state index contributed by atoms with van der Waals surface area (Å²) in [5, 5.41) is 9.39. The molecule has 0 aliphatic rings. The highest BCUT2D eigenvalue weighted by Crippen LogP contribution is 2.31. The van der Waals surface area contributed by atoms with Crippen LogP contribution in [-0.2, 0) is 6.61 Å². The van der Waals surface area contributed by atoms with E-state index in [0.717, 1.165) is 6.07 Å². The van der Waals surface area contributed by atoms with Crippen LogP contribution >= 0.6 is 15.9 Å². The van der Waals surface area contributed by atoms with E-state index in [1.165, 1.54) is 24.3 Å². The summed E-state index contributed by atoms with van der Waals surface area (Å²) in [6.45, 7) is -0.329. The number of hydrogen-bond donors (Lipinski definition) is 2. The van der Waals surface area contributed by atoms with Gasteiger partial charge in [-0.2, -0.15) is 0 Å². The van der Waals surface area contributed by atoms with Gasteiger partial charge in [-0.05, 0) is 40.2 Å². The van der Waals surface area contributed by atoms with E-state index in [0.29, 0.717) is 0 Å². The molecule has 100 valence electrons. The number of anilines is 1. The molecule has 0 saturated carbocycles. The van der Waals surface area contributed by atoms with Crippen molar-refractivity contribution in [2.45, 2.75) is 6.61 Å². The number of ether oxygens (including phenoxy) is 1. The summed E-state index contributed by atoms with van der Waals surface area (Å²) >= 11 is 2.97. The zero-order chi connectivity index (χ0) is 14.0. The molecule has 0 fully saturated rings. The van der Waals surface area contributed by atoms with E-state index in [4.69, 9.17) is 10.5 Å². The number of nitrogen functional groups attached to an aromatic ring is 1. The van der Waals surface area contributed by atoms with Gasteiger partial charge < -0.3 is 15.6 Å². The topological polar surface area (TPSA) is 55.5 Å². The predicted molar refractivity (Wildman–Crippen MR) is 70.9 cm³/mol. The van der Waals surface area contributed by atoms with E-state index in [-0.39, 0.29) is 33.8 Å². The molecule has 3 N–H and O–H groups in total. The Labute approximate surface area is 116 Å². The lowest BCUT2D eigenvalue weighted by Crippen LogP contribution is -2.04. The Morgan fingerprint density at radius 2 is 1.95 bits per heavy atom. The van der Waals surface area contributed by atoms with Crippen LogP contribution < -0.4 is 10.5 Å². The molecular weight excluding hydrogens is 320 g/mol. The molecule has 0 atom stereocenters. The molecule has 19 heavy (non-hydrogen) atoms. The molecule has 0 aromatic heterocycles. The molecule has 0 amide bonds. The van der Waals surface area contributed by atoms with Crippen LogP contribution in [0.2, 0.25) is 0 Å². The Morgan fingerprint density at radius 3 is 2.68 bits per heavy atom. The van der Waals surface area contributed by atoms with Gasteiger partial charge in [0.25, 0.3) is 0 Å². The molecule has 6 heteroatoms. The highest BCUT2D eigenvalue weighted by atomic mass is 79.9. The number of aromatic hydroxyl groups is 1. The Balaban J connectivity index is 2.24. The first kappa shape index (κ1) is 13.6. The van der Waals surface area contributed by atoms with E-state index in [1.807, 2.05) is 0 Å². The number of phenols is 1. The van der Waals surface area contributed by atoms with Gasteiger partial charge in [0.2, 0.25) is 0 Å². The summed E-state index contributed by atoms with van der Waals surface area (Å²) in [4.78, 5) is 0. The summed E-state index contributed by atoms with van der Waals surface area (Å²) < 4.78 is 32.6. The molecule has 0 saturated heterocycles. The van der Waals surface area contributed by atoms with Crippen LogP contribution in [0.25, 0.3) is 0 Å². The third-order valence-corrected chi connectivity index (χ3v) is 3.17.